The van der Waals surface area contributed by atoms with Crippen LogP contribution in [0.2, 0.25) is 5.02 Å². The van der Waals surface area contributed by atoms with Gasteiger partial charge in [0.2, 0.25) is 0 Å². The first-order chi connectivity index (χ1) is 14.5. The van der Waals surface area contributed by atoms with E-state index in [4.69, 9.17) is 20.8 Å². The number of benzene rings is 1. The minimum Gasteiger partial charge on any atom is -0.484 e. The number of hydrogen-bond donors (Lipinski definition) is 1. The fourth-order valence-electron chi connectivity index (χ4n) is 5.83. The highest BCUT2D eigenvalue weighted by Gasteiger charge is 2.48. The van der Waals surface area contributed by atoms with Crippen LogP contribution in [-0.2, 0) is 6.61 Å². The van der Waals surface area contributed by atoms with Crippen LogP contribution in [0.15, 0.2) is 34.7 Å². The molecule has 0 radical (unpaired) electrons. The zero-order chi connectivity index (χ0) is 20.8. The van der Waals surface area contributed by atoms with E-state index in [0.29, 0.717) is 17.6 Å². The fraction of sp³-hybridized carbons (Fsp3) is 0.500. The van der Waals surface area contributed by atoms with Crippen molar-refractivity contribution in [3.63, 3.8) is 0 Å². The van der Waals surface area contributed by atoms with Gasteiger partial charge in [0.15, 0.2) is 5.76 Å². The second-order valence-electron chi connectivity index (χ2n) is 8.86. The molecule has 1 aromatic carbocycles. The molecule has 1 amide bonds. The van der Waals surface area contributed by atoms with Gasteiger partial charge in [-0.1, -0.05) is 11.6 Å². The van der Waals surface area contributed by atoms with Gasteiger partial charge in [0.1, 0.15) is 18.1 Å². The molecule has 7 nitrogen and oxygen atoms in total. The summed E-state index contributed by atoms with van der Waals surface area (Å²) in [6.45, 7) is 0.0200. The Kier molecular flexibility index (Phi) is 4.93. The number of nitro benzene ring substituents is 1. The Hall–Kier alpha value is -2.54. The van der Waals surface area contributed by atoms with Gasteiger partial charge in [-0.3, -0.25) is 14.9 Å². The number of carbonyl (C=O) groups is 1. The highest BCUT2D eigenvalue weighted by atomic mass is 35.5. The molecule has 0 saturated heterocycles. The van der Waals surface area contributed by atoms with E-state index >= 15 is 0 Å². The zero-order valence-electron chi connectivity index (χ0n) is 16.4. The maximum Gasteiger partial charge on any atom is 0.287 e. The van der Waals surface area contributed by atoms with Crippen molar-refractivity contribution in [1.29, 1.82) is 0 Å². The van der Waals surface area contributed by atoms with Crippen molar-refractivity contribution in [2.45, 2.75) is 44.8 Å². The lowest BCUT2D eigenvalue weighted by Gasteiger charge is -2.54. The standard InChI is InChI=1S/C22H23ClN2O5/c23-18-3-1-16(25(27)28)10-20(18)29-11-17-2-4-19(30-17)22(26)24-21-14-6-12-5-13(8-14)9-15(21)7-12/h1-4,10,12-15,21H,5-9,11H2,(H,24,26). The number of nitrogens with one attached hydrogen (secondary N) is 1. The third-order valence-electron chi connectivity index (χ3n) is 6.91. The van der Waals surface area contributed by atoms with E-state index < -0.39 is 4.92 Å². The monoisotopic (exact) mass is 430 g/mol. The number of rotatable bonds is 6. The predicted octanol–water partition coefficient (Wildman–Crippen LogP) is 4.97. The van der Waals surface area contributed by atoms with Crippen LogP contribution in [0.4, 0.5) is 5.69 Å². The highest BCUT2D eigenvalue weighted by molar-refractivity contribution is 6.32. The Labute approximate surface area is 178 Å². The smallest absolute Gasteiger partial charge is 0.287 e. The molecule has 4 fully saturated rings. The topological polar surface area (TPSA) is 94.6 Å². The van der Waals surface area contributed by atoms with Crippen molar-refractivity contribution in [2.75, 3.05) is 0 Å². The van der Waals surface area contributed by atoms with Gasteiger partial charge in [-0.2, -0.15) is 0 Å². The number of amides is 1. The molecule has 0 aliphatic heterocycles. The number of halogens is 1. The number of furan rings is 1. The molecule has 0 spiro atoms. The summed E-state index contributed by atoms with van der Waals surface area (Å²) in [6.07, 6.45) is 6.32. The first-order valence-corrected chi connectivity index (χ1v) is 10.8. The molecule has 1 aromatic heterocycles. The van der Waals surface area contributed by atoms with E-state index in [1.807, 2.05) is 0 Å². The normalized spacial score (nSPS) is 29.0. The van der Waals surface area contributed by atoms with Crippen LogP contribution < -0.4 is 10.1 Å². The third kappa shape index (κ3) is 3.67. The predicted molar refractivity (Wildman–Crippen MR) is 109 cm³/mol. The molecule has 30 heavy (non-hydrogen) atoms. The lowest BCUT2D eigenvalue weighted by atomic mass is 9.54. The second-order valence-corrected chi connectivity index (χ2v) is 9.26. The Morgan fingerprint density at radius 1 is 1.13 bits per heavy atom. The van der Waals surface area contributed by atoms with Gasteiger partial charge >= 0.3 is 0 Å². The molecular formula is C22H23ClN2O5. The van der Waals surface area contributed by atoms with Crippen LogP contribution in [0.1, 0.15) is 48.4 Å². The van der Waals surface area contributed by atoms with E-state index in [2.05, 4.69) is 5.32 Å². The van der Waals surface area contributed by atoms with E-state index in [9.17, 15) is 14.9 Å². The van der Waals surface area contributed by atoms with Gasteiger partial charge in [-0.05, 0) is 74.0 Å². The number of ether oxygens (including phenoxy) is 1. The van der Waals surface area contributed by atoms with Gasteiger partial charge in [-0.15, -0.1) is 0 Å². The number of non-ortho nitro benzene ring substituents is 1. The summed E-state index contributed by atoms with van der Waals surface area (Å²) >= 11 is 6.05. The van der Waals surface area contributed by atoms with Crippen molar-refractivity contribution < 1.29 is 18.9 Å². The van der Waals surface area contributed by atoms with Crippen molar-refractivity contribution in [3.8, 4) is 5.75 Å². The summed E-state index contributed by atoms with van der Waals surface area (Å²) in [6, 6.07) is 7.57. The molecule has 0 unspecified atom stereocenters. The lowest BCUT2D eigenvalue weighted by molar-refractivity contribution is -0.384. The van der Waals surface area contributed by atoms with Gasteiger partial charge < -0.3 is 14.5 Å². The molecule has 6 rings (SSSR count). The van der Waals surface area contributed by atoms with E-state index in [1.54, 1.807) is 12.1 Å². The third-order valence-corrected chi connectivity index (χ3v) is 7.22. The maximum absolute atomic E-state index is 12.8. The van der Waals surface area contributed by atoms with Crippen LogP contribution in [0, 0.1) is 33.8 Å². The quantitative estimate of drug-likeness (QED) is 0.515. The average Bonchev–Trinajstić information content (AvgIpc) is 3.18. The first kappa shape index (κ1) is 19.4. The molecule has 1 N–H and O–H groups in total. The number of hydrogen-bond acceptors (Lipinski definition) is 5. The van der Waals surface area contributed by atoms with Gasteiger partial charge in [0.25, 0.3) is 11.6 Å². The van der Waals surface area contributed by atoms with E-state index in [0.717, 1.165) is 11.8 Å². The largest absolute Gasteiger partial charge is 0.484 e. The molecule has 1 heterocycles. The van der Waals surface area contributed by atoms with Crippen molar-refractivity contribution in [2.24, 2.45) is 23.7 Å². The van der Waals surface area contributed by atoms with Crippen LogP contribution in [0.5, 0.6) is 5.75 Å². The maximum atomic E-state index is 12.8. The lowest BCUT2D eigenvalue weighted by Crippen LogP contribution is -2.55. The molecule has 4 aliphatic carbocycles. The SMILES string of the molecule is O=C(NC1C2CC3CC(C2)CC1C3)c1ccc(COc2cc([N+](=O)[O-])ccc2Cl)o1. The molecule has 8 heteroatoms. The first-order valence-electron chi connectivity index (χ1n) is 10.4. The molecule has 4 aliphatic rings. The van der Waals surface area contributed by atoms with Crippen LogP contribution in [-0.4, -0.2) is 16.9 Å². The van der Waals surface area contributed by atoms with Gasteiger partial charge in [0.05, 0.1) is 16.0 Å². The summed E-state index contributed by atoms with van der Waals surface area (Å²) in [5.41, 5.74) is -0.107. The molecular weight excluding hydrogens is 408 g/mol. The van der Waals surface area contributed by atoms with E-state index in [-0.39, 0.29) is 40.8 Å². The Morgan fingerprint density at radius 2 is 1.83 bits per heavy atom. The molecule has 2 aromatic rings. The minimum absolute atomic E-state index is 0.0200. The van der Waals surface area contributed by atoms with Crippen LogP contribution >= 0.6 is 11.6 Å². The van der Waals surface area contributed by atoms with E-state index in [1.165, 1.54) is 50.3 Å². The Bertz CT molecular complexity index is 960. The second kappa shape index (κ2) is 7.61. The van der Waals surface area contributed by atoms with Crippen molar-refractivity contribution in [3.05, 3.63) is 57.0 Å². The van der Waals surface area contributed by atoms with Crippen LogP contribution in [0.25, 0.3) is 0 Å². The van der Waals surface area contributed by atoms with Crippen LogP contribution in [0.3, 0.4) is 0 Å². The molecule has 4 bridgehead atoms. The highest BCUT2D eigenvalue weighted by Crippen LogP contribution is 2.53. The van der Waals surface area contributed by atoms with Gasteiger partial charge in [-0.25, -0.2) is 0 Å². The zero-order valence-corrected chi connectivity index (χ0v) is 17.1. The van der Waals surface area contributed by atoms with Gasteiger partial charge in [0, 0.05) is 12.1 Å². The number of carbonyl (C=O) groups excluding carboxylic acids is 1. The number of nitrogens with zero attached hydrogens (tertiary/aromatic N) is 1. The van der Waals surface area contributed by atoms with Crippen molar-refractivity contribution in [1.82, 2.24) is 5.32 Å². The van der Waals surface area contributed by atoms with Crippen molar-refractivity contribution >= 4 is 23.2 Å². The summed E-state index contributed by atoms with van der Waals surface area (Å²) in [5, 5.41) is 14.4. The minimum atomic E-state index is -0.511. The summed E-state index contributed by atoms with van der Waals surface area (Å²) in [4.78, 5) is 23.2. The molecule has 0 atom stereocenters. The fourth-order valence-corrected chi connectivity index (χ4v) is 6.00. The molecule has 4 saturated carbocycles. The Morgan fingerprint density at radius 3 is 2.50 bits per heavy atom. The molecule has 158 valence electrons. The summed E-state index contributed by atoms with van der Waals surface area (Å²) < 4.78 is 11.2. The summed E-state index contributed by atoms with van der Waals surface area (Å²) in [5.74, 6) is 3.62. The average molecular weight is 431 g/mol. The summed E-state index contributed by atoms with van der Waals surface area (Å²) in [7, 11) is 0. The Balaban J connectivity index is 1.21. The number of nitro groups is 1.